The molecule has 7 heterocycles. The molecular formula is C55H27Cl10N5. The highest BCUT2D eigenvalue weighted by atomic mass is 35.5. The summed E-state index contributed by atoms with van der Waals surface area (Å²) in [6, 6.07) is 41.1. The minimum atomic E-state index is 0.407. The molecule has 3 N–H and O–H groups in total. The lowest BCUT2D eigenvalue weighted by atomic mass is 10.00. The maximum absolute atomic E-state index is 7.23. The van der Waals surface area contributed by atoms with Gasteiger partial charge in [0.05, 0.1) is 89.2 Å². The predicted molar refractivity (Wildman–Crippen MR) is 295 cm³/mol. The Balaban J connectivity index is 1.33. The standard InChI is InChI=1S/C55H27Cl10N5/c56-25-6-1-7-26(57)45(25)50-35-16-17-36(66-35)51(46-27(58)8-2-9-28(46)59)38-20-21-40(68-38)53(48-31(62)12-4-13-32(48)63)42-22-23-43-54(49-33(64)14-5-15-34(49)65)55-44(70(42)43)24-41(69-55)52(39-19-18-37(50)67-39)47-29(60)10-3-11-30(47)61/h1-24,66,68-69H. The van der Waals surface area contributed by atoms with E-state index in [2.05, 4.69) is 25.4 Å². The zero-order valence-electron chi connectivity index (χ0n) is 35.5. The summed E-state index contributed by atoms with van der Waals surface area (Å²) in [6.07, 6.45) is 3.85. The van der Waals surface area contributed by atoms with Gasteiger partial charge in [0.25, 0.3) is 0 Å². The van der Waals surface area contributed by atoms with Crippen molar-refractivity contribution in [2.45, 2.75) is 0 Å². The van der Waals surface area contributed by atoms with E-state index in [1.807, 2.05) is 84.9 Å². The van der Waals surface area contributed by atoms with Gasteiger partial charge in [0.15, 0.2) is 0 Å². The van der Waals surface area contributed by atoms with Gasteiger partial charge in [0.1, 0.15) is 0 Å². The fourth-order valence-electron chi connectivity index (χ4n) is 9.73. The number of hydrogen-bond donors (Lipinski definition) is 3. The van der Waals surface area contributed by atoms with Crippen LogP contribution >= 0.6 is 116 Å². The summed E-state index contributed by atoms with van der Waals surface area (Å²) in [5.41, 5.74) is 11.7. The summed E-state index contributed by atoms with van der Waals surface area (Å²) in [6.45, 7) is 0. The Kier molecular flexibility index (Phi) is 11.7. The van der Waals surface area contributed by atoms with Crippen LogP contribution in [0.25, 0.3) is 50.0 Å². The molecule has 0 amide bonds. The first-order chi connectivity index (χ1) is 33.9. The summed E-state index contributed by atoms with van der Waals surface area (Å²) >= 11 is 71.5. The minimum absolute atomic E-state index is 0.407. The monoisotopic (exact) mass is 1110 g/mol. The van der Waals surface area contributed by atoms with Crippen molar-refractivity contribution in [3.05, 3.63) is 257 Å². The second-order valence-electron chi connectivity index (χ2n) is 16.5. The summed E-state index contributed by atoms with van der Waals surface area (Å²) in [5.74, 6) is 0. The van der Waals surface area contributed by atoms with E-state index in [-0.39, 0.29) is 0 Å². The Morgan fingerprint density at radius 1 is 0.343 bits per heavy atom. The number of aromatic amines is 3. The van der Waals surface area contributed by atoms with Crippen LogP contribution in [0.2, 0.25) is 50.2 Å². The number of benzene rings is 5. The number of rotatable bonds is 5. The minimum Gasteiger partial charge on any atom is -0.354 e. The van der Waals surface area contributed by atoms with E-state index in [0.717, 1.165) is 27.5 Å². The fraction of sp³-hybridized carbons (Fsp3) is 0. The third kappa shape index (κ3) is 7.32. The number of aliphatic imine (C=N–C) groups is 1. The molecule has 0 atom stereocenters. The van der Waals surface area contributed by atoms with Crippen LogP contribution in [0, 0.1) is 0 Å². The number of aromatic nitrogens is 4. The molecule has 0 radical (unpaired) electrons. The zero-order valence-corrected chi connectivity index (χ0v) is 43.1. The van der Waals surface area contributed by atoms with Crippen molar-refractivity contribution in [3.63, 3.8) is 0 Å². The lowest BCUT2D eigenvalue weighted by molar-refractivity contribution is 1.19. The molecule has 0 fully saturated rings. The van der Waals surface area contributed by atoms with Crippen molar-refractivity contribution in [2.75, 3.05) is 0 Å². The molecule has 0 aliphatic carbocycles. The normalized spacial score (nSPS) is 13.7. The van der Waals surface area contributed by atoms with Gasteiger partial charge in [-0.3, -0.25) is 0 Å². The van der Waals surface area contributed by atoms with E-state index in [9.17, 15) is 0 Å². The first-order valence-corrected chi connectivity index (χ1v) is 25.2. The predicted octanol–water partition coefficient (Wildman–Crippen LogP) is 16.5. The molecule has 0 unspecified atom stereocenters. The summed E-state index contributed by atoms with van der Waals surface area (Å²) in [5, 5.41) is 6.33. The highest BCUT2D eigenvalue weighted by molar-refractivity contribution is 6.44. The Hall–Kier alpha value is -5.25. The topological polar surface area (TPSA) is 64.1 Å². The maximum Gasteiger partial charge on any atom is 0.0738 e. The lowest BCUT2D eigenvalue weighted by Crippen LogP contribution is -2.20. The summed E-state index contributed by atoms with van der Waals surface area (Å²) < 4.78 is 2.15. The Labute approximate surface area is 449 Å². The van der Waals surface area contributed by atoms with Gasteiger partial charge >= 0.3 is 0 Å². The average molecular weight is 1110 g/mol. The highest BCUT2D eigenvalue weighted by Gasteiger charge is 2.29. The fourth-order valence-corrected chi connectivity index (χ4v) is 12.7. The van der Waals surface area contributed by atoms with Crippen molar-refractivity contribution >= 4 is 161 Å². The molecule has 0 saturated carbocycles. The van der Waals surface area contributed by atoms with Crippen molar-refractivity contribution in [2.24, 2.45) is 4.99 Å². The van der Waals surface area contributed by atoms with Crippen LogP contribution in [0.1, 0.15) is 39.3 Å². The SMILES string of the molecule is Clc1cccc(Cl)c1C1=C2C=CC(=N2)C(c2c(Cl)cccc2Cl)=c2ccc([nH]2)=C(c2c(Cl)cccc2Cl)c2ccc([nH]2)C(c2c(Cl)cccc2Cl)=c2ccc3c(-c4c(Cl)cccc4Cl)c4[nH]c1cc4n23. The van der Waals surface area contributed by atoms with Crippen molar-refractivity contribution < 1.29 is 0 Å². The molecule has 2 aliphatic heterocycles. The highest BCUT2D eigenvalue weighted by Crippen LogP contribution is 2.47. The van der Waals surface area contributed by atoms with Gasteiger partial charge in [-0.1, -0.05) is 146 Å². The van der Waals surface area contributed by atoms with E-state index in [1.54, 1.807) is 54.6 Å². The molecule has 0 saturated heterocycles. The number of nitrogens with zero attached hydrogens (tertiary/aromatic N) is 2. The molecular weight excluding hydrogens is 1090 g/mol. The maximum atomic E-state index is 7.23. The van der Waals surface area contributed by atoms with Crippen LogP contribution in [0.15, 0.2) is 156 Å². The first-order valence-electron chi connectivity index (χ1n) is 21.4. The molecule has 70 heavy (non-hydrogen) atoms. The van der Waals surface area contributed by atoms with E-state index in [0.29, 0.717) is 140 Å². The van der Waals surface area contributed by atoms with Crippen LogP contribution in [0.3, 0.4) is 0 Å². The van der Waals surface area contributed by atoms with Gasteiger partial charge < -0.3 is 19.4 Å². The Bertz CT molecular complexity index is 4100. The molecule has 15 heteroatoms. The summed E-state index contributed by atoms with van der Waals surface area (Å²) in [4.78, 5) is 16.6. The van der Waals surface area contributed by atoms with Crippen LogP contribution in [-0.2, 0) is 0 Å². The van der Waals surface area contributed by atoms with Gasteiger partial charge in [-0.05, 0) is 115 Å². The third-order valence-electron chi connectivity index (χ3n) is 12.6. The molecule has 8 bridgehead atoms. The third-order valence-corrected chi connectivity index (χ3v) is 15.8. The number of H-pyrrole nitrogens is 3. The van der Waals surface area contributed by atoms with E-state index < -0.39 is 0 Å². The van der Waals surface area contributed by atoms with E-state index >= 15 is 0 Å². The molecule has 5 nitrogen and oxygen atoms in total. The van der Waals surface area contributed by atoms with Crippen molar-refractivity contribution in [1.29, 1.82) is 0 Å². The van der Waals surface area contributed by atoms with Crippen molar-refractivity contribution in [1.82, 2.24) is 19.4 Å². The summed E-state index contributed by atoms with van der Waals surface area (Å²) in [7, 11) is 0. The molecule has 2 aliphatic rings. The van der Waals surface area contributed by atoms with E-state index in [4.69, 9.17) is 121 Å². The van der Waals surface area contributed by atoms with Gasteiger partial charge in [-0.15, -0.1) is 0 Å². The first kappa shape index (κ1) is 45.9. The number of nitrogens with one attached hydrogen (secondary N) is 3. The van der Waals surface area contributed by atoms with Crippen molar-refractivity contribution in [3.8, 4) is 11.1 Å². The van der Waals surface area contributed by atoms with Gasteiger partial charge in [-0.25, -0.2) is 4.99 Å². The molecule has 10 aromatic rings. The Morgan fingerprint density at radius 2 is 0.786 bits per heavy atom. The van der Waals surface area contributed by atoms with Crippen LogP contribution in [-0.4, -0.2) is 25.1 Å². The van der Waals surface area contributed by atoms with Crippen LogP contribution in [0.5, 0.6) is 0 Å². The lowest BCUT2D eigenvalue weighted by Gasteiger charge is -2.14. The molecule has 0 spiro atoms. The number of allylic oxidation sites excluding steroid dienone is 2. The van der Waals surface area contributed by atoms with E-state index in [1.165, 1.54) is 0 Å². The largest absolute Gasteiger partial charge is 0.354 e. The smallest absolute Gasteiger partial charge is 0.0738 e. The second-order valence-corrected chi connectivity index (χ2v) is 20.6. The van der Waals surface area contributed by atoms with Gasteiger partial charge in [0.2, 0.25) is 0 Å². The molecule has 5 aromatic heterocycles. The average Bonchev–Trinajstić information content (AvgIpc) is 4.19. The van der Waals surface area contributed by atoms with Gasteiger partial charge in [-0.2, -0.15) is 0 Å². The second kappa shape index (κ2) is 17.8. The quantitative estimate of drug-likeness (QED) is 0.154. The van der Waals surface area contributed by atoms with Crippen LogP contribution in [0.4, 0.5) is 0 Å². The molecule has 342 valence electrons. The zero-order chi connectivity index (χ0) is 48.3. The number of fused-ring (bicyclic) bond motifs is 6. The number of halogens is 10. The van der Waals surface area contributed by atoms with Crippen LogP contribution < -0.4 is 16.0 Å². The number of hydrogen-bond acceptors (Lipinski definition) is 1. The van der Waals surface area contributed by atoms with Gasteiger partial charge in [0, 0.05) is 77.8 Å². The Morgan fingerprint density at radius 3 is 1.31 bits per heavy atom. The molecule has 5 aromatic carbocycles. The molecule has 12 rings (SSSR count).